The molecule has 0 spiro atoms. The standard InChI is InChI=1S/C21H33N3O5S/c1-21(2,3)24-30(27,28)18-14-16(10-11-17(18)29-4)20(26)23-13-12-22-19(25)15-8-6-5-7-9-15/h10-11,14-15,24H,5-9,12-13H2,1-4H3,(H,22,25)(H,23,26). The Labute approximate surface area is 179 Å². The molecule has 1 aromatic carbocycles. The maximum atomic E-state index is 12.7. The summed E-state index contributed by atoms with van der Waals surface area (Å²) in [6.45, 7) is 5.78. The Balaban J connectivity index is 1.98. The molecular formula is C21H33N3O5S. The van der Waals surface area contributed by atoms with Crippen LogP contribution in [0.25, 0.3) is 0 Å². The molecule has 30 heavy (non-hydrogen) atoms. The van der Waals surface area contributed by atoms with Gasteiger partial charge in [0.1, 0.15) is 10.6 Å². The smallest absolute Gasteiger partial charge is 0.251 e. The molecule has 1 saturated carbocycles. The first-order chi connectivity index (χ1) is 14.0. The molecule has 8 nitrogen and oxygen atoms in total. The molecule has 0 aliphatic heterocycles. The van der Waals surface area contributed by atoms with E-state index in [9.17, 15) is 18.0 Å². The zero-order chi connectivity index (χ0) is 22.4. The first-order valence-electron chi connectivity index (χ1n) is 10.3. The van der Waals surface area contributed by atoms with Gasteiger partial charge in [0.25, 0.3) is 5.91 Å². The number of carbonyl (C=O) groups excluding carboxylic acids is 2. The maximum Gasteiger partial charge on any atom is 0.251 e. The molecule has 2 amide bonds. The summed E-state index contributed by atoms with van der Waals surface area (Å²) in [5, 5.41) is 5.57. The highest BCUT2D eigenvalue weighted by molar-refractivity contribution is 7.89. The largest absolute Gasteiger partial charge is 0.495 e. The number of rotatable bonds is 8. The lowest BCUT2D eigenvalue weighted by molar-refractivity contribution is -0.125. The Bertz CT molecular complexity index is 856. The minimum Gasteiger partial charge on any atom is -0.495 e. The van der Waals surface area contributed by atoms with Crippen molar-refractivity contribution in [3.05, 3.63) is 23.8 Å². The monoisotopic (exact) mass is 439 g/mol. The third-order valence-electron chi connectivity index (χ3n) is 4.84. The van der Waals surface area contributed by atoms with Crippen LogP contribution in [0.3, 0.4) is 0 Å². The number of hydrogen-bond donors (Lipinski definition) is 3. The van der Waals surface area contributed by atoms with Crippen LogP contribution in [0.4, 0.5) is 0 Å². The maximum absolute atomic E-state index is 12.7. The van der Waals surface area contributed by atoms with Crippen LogP contribution >= 0.6 is 0 Å². The molecule has 168 valence electrons. The van der Waals surface area contributed by atoms with E-state index in [0.717, 1.165) is 25.7 Å². The molecule has 3 N–H and O–H groups in total. The van der Waals surface area contributed by atoms with Crippen LogP contribution in [0, 0.1) is 5.92 Å². The van der Waals surface area contributed by atoms with Crippen molar-refractivity contribution in [1.82, 2.24) is 15.4 Å². The van der Waals surface area contributed by atoms with Crippen molar-refractivity contribution in [3.63, 3.8) is 0 Å². The number of amides is 2. The van der Waals surface area contributed by atoms with Gasteiger partial charge in [0.05, 0.1) is 7.11 Å². The van der Waals surface area contributed by atoms with Crippen LogP contribution in [0.2, 0.25) is 0 Å². The van der Waals surface area contributed by atoms with Gasteiger partial charge in [0.15, 0.2) is 0 Å². The third kappa shape index (κ3) is 6.98. The molecule has 0 saturated heterocycles. The molecular weight excluding hydrogens is 406 g/mol. The van der Waals surface area contributed by atoms with Gasteiger partial charge in [-0.05, 0) is 51.8 Å². The van der Waals surface area contributed by atoms with Crippen molar-refractivity contribution in [1.29, 1.82) is 0 Å². The lowest BCUT2D eigenvalue weighted by atomic mass is 9.89. The molecule has 9 heteroatoms. The van der Waals surface area contributed by atoms with Crippen molar-refractivity contribution < 1.29 is 22.7 Å². The summed E-state index contributed by atoms with van der Waals surface area (Å²) in [5.41, 5.74) is -0.484. The zero-order valence-corrected chi connectivity index (χ0v) is 19.0. The Kier molecular flexibility index (Phi) is 8.25. The Morgan fingerprint density at radius 3 is 2.30 bits per heavy atom. The van der Waals surface area contributed by atoms with E-state index in [-0.39, 0.29) is 34.6 Å². The molecule has 0 radical (unpaired) electrons. The number of nitrogens with one attached hydrogen (secondary N) is 3. The highest BCUT2D eigenvalue weighted by atomic mass is 32.2. The van der Waals surface area contributed by atoms with E-state index >= 15 is 0 Å². The van der Waals surface area contributed by atoms with Crippen LogP contribution in [0.1, 0.15) is 63.2 Å². The Morgan fingerprint density at radius 1 is 1.07 bits per heavy atom. The summed E-state index contributed by atoms with van der Waals surface area (Å²) in [6.07, 6.45) is 5.20. The van der Waals surface area contributed by atoms with Crippen molar-refractivity contribution in [3.8, 4) is 5.75 Å². The first-order valence-corrected chi connectivity index (χ1v) is 11.8. The number of benzene rings is 1. The van der Waals surface area contributed by atoms with Gasteiger partial charge in [-0.15, -0.1) is 0 Å². The summed E-state index contributed by atoms with van der Waals surface area (Å²) in [4.78, 5) is 24.5. The van der Waals surface area contributed by atoms with Crippen LogP contribution in [0.5, 0.6) is 5.75 Å². The Hall–Kier alpha value is -2.13. The van der Waals surface area contributed by atoms with E-state index in [4.69, 9.17) is 4.74 Å². The normalized spacial score (nSPS) is 15.5. The van der Waals surface area contributed by atoms with E-state index < -0.39 is 21.5 Å². The molecule has 1 aliphatic carbocycles. The quantitative estimate of drug-likeness (QED) is 0.538. The predicted molar refractivity (Wildman–Crippen MR) is 115 cm³/mol. The molecule has 1 aromatic rings. The number of methoxy groups -OCH3 is 1. The van der Waals surface area contributed by atoms with E-state index in [2.05, 4.69) is 15.4 Å². The van der Waals surface area contributed by atoms with Crippen LogP contribution in [-0.2, 0) is 14.8 Å². The molecule has 0 unspecified atom stereocenters. The number of sulfonamides is 1. The van der Waals surface area contributed by atoms with Gasteiger partial charge in [-0.25, -0.2) is 13.1 Å². The molecule has 1 fully saturated rings. The minimum absolute atomic E-state index is 0.0371. The summed E-state index contributed by atoms with van der Waals surface area (Å²) in [5.74, 6) is -0.158. The van der Waals surface area contributed by atoms with Crippen LogP contribution in [0.15, 0.2) is 23.1 Å². The van der Waals surface area contributed by atoms with E-state index in [1.807, 2.05) is 0 Å². The van der Waals surface area contributed by atoms with Gasteiger partial charge in [-0.1, -0.05) is 19.3 Å². The second-order valence-corrected chi connectivity index (χ2v) is 10.3. The molecule has 0 aromatic heterocycles. The second kappa shape index (κ2) is 10.3. The van der Waals surface area contributed by atoms with Gasteiger partial charge >= 0.3 is 0 Å². The van der Waals surface area contributed by atoms with Crippen molar-refractivity contribution >= 4 is 21.8 Å². The molecule has 0 atom stereocenters. The fourth-order valence-corrected chi connectivity index (χ4v) is 5.07. The lowest BCUT2D eigenvalue weighted by Gasteiger charge is -2.21. The number of carbonyl (C=O) groups is 2. The summed E-state index contributed by atoms with van der Waals surface area (Å²) >= 11 is 0. The van der Waals surface area contributed by atoms with Gasteiger partial charge in [0, 0.05) is 30.1 Å². The average molecular weight is 440 g/mol. The summed E-state index contributed by atoms with van der Waals surface area (Å²) < 4.78 is 33.2. The second-order valence-electron chi connectivity index (χ2n) is 8.60. The topological polar surface area (TPSA) is 114 Å². The highest BCUT2D eigenvalue weighted by Crippen LogP contribution is 2.26. The molecule has 2 rings (SSSR count). The van der Waals surface area contributed by atoms with E-state index in [1.165, 1.54) is 31.7 Å². The van der Waals surface area contributed by atoms with Gasteiger partial charge in [-0.3, -0.25) is 9.59 Å². The third-order valence-corrected chi connectivity index (χ3v) is 6.62. The lowest BCUT2D eigenvalue weighted by Crippen LogP contribution is -2.40. The molecule has 0 bridgehead atoms. The Morgan fingerprint density at radius 2 is 1.70 bits per heavy atom. The first kappa shape index (κ1) is 24.1. The van der Waals surface area contributed by atoms with E-state index in [1.54, 1.807) is 20.8 Å². The van der Waals surface area contributed by atoms with Crippen molar-refractivity contribution in [2.24, 2.45) is 5.92 Å². The summed E-state index contributed by atoms with van der Waals surface area (Å²) in [7, 11) is -2.50. The summed E-state index contributed by atoms with van der Waals surface area (Å²) in [6, 6.07) is 4.25. The molecule has 1 aliphatic rings. The van der Waals surface area contributed by atoms with Gasteiger partial charge < -0.3 is 15.4 Å². The predicted octanol–water partition coefficient (Wildman–Crippen LogP) is 2.20. The van der Waals surface area contributed by atoms with E-state index in [0.29, 0.717) is 6.54 Å². The zero-order valence-electron chi connectivity index (χ0n) is 18.2. The number of hydrogen-bond acceptors (Lipinski definition) is 5. The highest BCUT2D eigenvalue weighted by Gasteiger charge is 2.26. The van der Waals surface area contributed by atoms with Crippen molar-refractivity contribution in [2.45, 2.75) is 63.3 Å². The van der Waals surface area contributed by atoms with Crippen LogP contribution < -0.4 is 20.1 Å². The SMILES string of the molecule is COc1ccc(C(=O)NCCNC(=O)C2CCCCC2)cc1S(=O)(=O)NC(C)(C)C. The van der Waals surface area contributed by atoms with Gasteiger partial charge in [0.2, 0.25) is 15.9 Å². The number of ether oxygens (including phenoxy) is 1. The fourth-order valence-electron chi connectivity index (χ4n) is 3.46. The average Bonchev–Trinajstić information content (AvgIpc) is 2.69. The van der Waals surface area contributed by atoms with Crippen LogP contribution in [-0.4, -0.2) is 46.0 Å². The minimum atomic E-state index is -3.88. The van der Waals surface area contributed by atoms with Crippen molar-refractivity contribution in [2.75, 3.05) is 20.2 Å². The fraction of sp³-hybridized carbons (Fsp3) is 0.619. The molecule has 0 heterocycles. The van der Waals surface area contributed by atoms with Gasteiger partial charge in [-0.2, -0.15) is 0 Å².